The minimum atomic E-state index is -0.517. The lowest BCUT2D eigenvalue weighted by Gasteiger charge is -2.14. The number of benzene rings is 1. The van der Waals surface area contributed by atoms with Gasteiger partial charge in [0.1, 0.15) is 17.6 Å². The van der Waals surface area contributed by atoms with Crippen LogP contribution in [0.15, 0.2) is 36.7 Å². The predicted molar refractivity (Wildman–Crippen MR) is 94.9 cm³/mol. The lowest BCUT2D eigenvalue weighted by atomic mass is 10.0. The van der Waals surface area contributed by atoms with E-state index in [0.717, 1.165) is 5.56 Å². The van der Waals surface area contributed by atoms with Crippen molar-refractivity contribution in [2.45, 2.75) is 26.7 Å². The van der Waals surface area contributed by atoms with Crippen LogP contribution in [-0.2, 0) is 9.53 Å². The maximum absolute atomic E-state index is 12.1. The van der Waals surface area contributed by atoms with E-state index in [1.165, 1.54) is 20.5 Å². The Bertz CT molecular complexity index is 785. The lowest BCUT2D eigenvalue weighted by Crippen LogP contribution is -2.08. The molecule has 0 fully saturated rings. The number of aromatic nitrogens is 2. The fourth-order valence-electron chi connectivity index (χ4n) is 2.34. The summed E-state index contributed by atoms with van der Waals surface area (Å²) in [5, 5.41) is 0. The van der Waals surface area contributed by atoms with Crippen molar-refractivity contribution in [3.05, 3.63) is 47.8 Å². The van der Waals surface area contributed by atoms with Gasteiger partial charge in [-0.3, -0.25) is 0 Å². The number of carbonyl (C=O) groups excluding carboxylic acids is 1. The van der Waals surface area contributed by atoms with Crippen LogP contribution >= 0.6 is 0 Å². The lowest BCUT2D eigenvalue weighted by molar-refractivity contribution is -0.133. The van der Waals surface area contributed by atoms with Crippen LogP contribution in [0, 0.1) is 0 Å². The highest BCUT2D eigenvalue weighted by atomic mass is 16.5. The molecule has 0 aliphatic rings. The fraction of sp³-hybridized carbons (Fsp3) is 0.316. The smallest absolute Gasteiger partial charge is 0.338 e. The number of rotatable bonds is 6. The minimum absolute atomic E-state index is 0.228. The highest BCUT2D eigenvalue weighted by molar-refractivity contribution is 6.17. The van der Waals surface area contributed by atoms with Crippen LogP contribution in [-0.4, -0.2) is 30.2 Å². The van der Waals surface area contributed by atoms with Gasteiger partial charge >= 0.3 is 5.97 Å². The Morgan fingerprint density at radius 2 is 1.88 bits per heavy atom. The summed E-state index contributed by atoms with van der Waals surface area (Å²) in [5.74, 6) is 0.934. The first-order valence-corrected chi connectivity index (χ1v) is 7.93. The van der Waals surface area contributed by atoms with Crippen molar-refractivity contribution < 1.29 is 19.0 Å². The summed E-state index contributed by atoms with van der Waals surface area (Å²) in [5.41, 5.74) is 1.77. The van der Waals surface area contributed by atoms with Crippen LogP contribution in [0.2, 0.25) is 0 Å². The Hall–Kier alpha value is -2.89. The van der Waals surface area contributed by atoms with E-state index in [1.807, 2.05) is 24.3 Å². The topological polar surface area (TPSA) is 70.5 Å². The summed E-state index contributed by atoms with van der Waals surface area (Å²) in [6.07, 6.45) is 2.94. The van der Waals surface area contributed by atoms with E-state index in [1.54, 1.807) is 13.0 Å². The highest BCUT2D eigenvalue weighted by Gasteiger charge is 2.24. The van der Waals surface area contributed by atoms with E-state index in [0.29, 0.717) is 17.2 Å². The summed E-state index contributed by atoms with van der Waals surface area (Å²) in [7, 11) is 2.79. The summed E-state index contributed by atoms with van der Waals surface area (Å²) < 4.78 is 16.1. The molecule has 6 nitrogen and oxygen atoms in total. The monoisotopic (exact) mass is 342 g/mol. The second-order valence-electron chi connectivity index (χ2n) is 5.59. The molecular weight excluding hydrogens is 320 g/mol. The van der Waals surface area contributed by atoms with Crippen LogP contribution < -0.4 is 9.47 Å². The van der Waals surface area contributed by atoms with Crippen LogP contribution in [0.1, 0.15) is 37.8 Å². The van der Waals surface area contributed by atoms with Gasteiger partial charge in [0.15, 0.2) is 0 Å². The second kappa shape index (κ2) is 8.28. The van der Waals surface area contributed by atoms with E-state index < -0.39 is 5.97 Å². The molecule has 0 spiro atoms. The molecule has 1 aromatic carbocycles. The van der Waals surface area contributed by atoms with Gasteiger partial charge in [-0.25, -0.2) is 14.8 Å². The Kier molecular flexibility index (Phi) is 6.11. The van der Waals surface area contributed by atoms with E-state index in [-0.39, 0.29) is 17.3 Å². The number of carbonyl (C=O) groups is 1. The first kappa shape index (κ1) is 18.4. The number of hydrogen-bond donors (Lipinski definition) is 0. The molecule has 0 saturated carbocycles. The number of allylic oxidation sites excluding steroid dienone is 1. The Balaban J connectivity index is 2.51. The third kappa shape index (κ3) is 4.15. The maximum atomic E-state index is 12.1. The van der Waals surface area contributed by atoms with Gasteiger partial charge in [-0.15, -0.1) is 0 Å². The zero-order valence-electron chi connectivity index (χ0n) is 15.1. The number of nitrogens with zero attached hydrogens (tertiary/aromatic N) is 2. The van der Waals surface area contributed by atoms with Gasteiger partial charge in [0, 0.05) is 0 Å². The van der Waals surface area contributed by atoms with Gasteiger partial charge in [0.05, 0.1) is 19.8 Å². The minimum Gasteiger partial charge on any atom is -0.480 e. The molecule has 0 aliphatic carbocycles. The van der Waals surface area contributed by atoms with Gasteiger partial charge in [-0.1, -0.05) is 32.1 Å². The molecule has 0 aliphatic heterocycles. The summed E-state index contributed by atoms with van der Waals surface area (Å²) in [6.45, 7) is 5.93. The third-order valence-electron chi connectivity index (χ3n) is 3.67. The second-order valence-corrected chi connectivity index (χ2v) is 5.59. The fourth-order valence-corrected chi connectivity index (χ4v) is 2.34. The van der Waals surface area contributed by atoms with E-state index in [2.05, 4.69) is 23.8 Å². The molecule has 0 N–H and O–H groups in total. The Morgan fingerprint density at radius 1 is 1.16 bits per heavy atom. The largest absolute Gasteiger partial charge is 0.480 e. The zero-order valence-corrected chi connectivity index (χ0v) is 15.1. The molecule has 2 aromatic rings. The molecule has 25 heavy (non-hydrogen) atoms. The highest BCUT2D eigenvalue weighted by Crippen LogP contribution is 2.35. The molecule has 0 bridgehead atoms. The zero-order chi connectivity index (χ0) is 18.4. The van der Waals surface area contributed by atoms with Crippen LogP contribution in [0.4, 0.5) is 0 Å². The van der Waals surface area contributed by atoms with E-state index in [4.69, 9.17) is 14.2 Å². The van der Waals surface area contributed by atoms with E-state index >= 15 is 0 Å². The predicted octanol–water partition coefficient (Wildman–Crippen LogP) is 3.98. The van der Waals surface area contributed by atoms with Crippen LogP contribution in [0.3, 0.4) is 0 Å². The molecular formula is C19H22N2O4. The van der Waals surface area contributed by atoms with Crippen molar-refractivity contribution in [1.82, 2.24) is 9.97 Å². The summed E-state index contributed by atoms with van der Waals surface area (Å²) >= 11 is 0. The van der Waals surface area contributed by atoms with Gasteiger partial charge < -0.3 is 14.2 Å². The normalized spacial score (nSPS) is 11.4. The number of methoxy groups -OCH3 is 2. The maximum Gasteiger partial charge on any atom is 0.338 e. The third-order valence-corrected chi connectivity index (χ3v) is 3.67. The molecule has 1 aromatic heterocycles. The number of esters is 1. The summed E-state index contributed by atoms with van der Waals surface area (Å²) in [6, 6.07) is 7.72. The van der Waals surface area contributed by atoms with Gasteiger partial charge in [0.25, 0.3) is 0 Å². The molecule has 2 rings (SSSR count). The molecule has 0 saturated heterocycles. The SMILES string of the molecule is CC=C(C(=O)OC)c1c(OC)ncnc1Oc1cccc(C(C)C)c1. The number of hydrogen-bond acceptors (Lipinski definition) is 6. The average Bonchev–Trinajstić information content (AvgIpc) is 2.63. The van der Waals surface area contributed by atoms with Gasteiger partial charge in [-0.2, -0.15) is 0 Å². The molecule has 1 heterocycles. The van der Waals surface area contributed by atoms with E-state index in [9.17, 15) is 4.79 Å². The van der Waals surface area contributed by atoms with Crippen molar-refractivity contribution in [3.8, 4) is 17.5 Å². The van der Waals surface area contributed by atoms with Crippen LogP contribution in [0.25, 0.3) is 5.57 Å². The van der Waals surface area contributed by atoms with Gasteiger partial charge in [0.2, 0.25) is 11.8 Å². The molecule has 132 valence electrons. The molecule has 0 unspecified atom stereocenters. The van der Waals surface area contributed by atoms with Crippen molar-refractivity contribution >= 4 is 11.5 Å². The van der Waals surface area contributed by atoms with Crippen molar-refractivity contribution in [2.24, 2.45) is 0 Å². The van der Waals surface area contributed by atoms with Crippen LogP contribution in [0.5, 0.6) is 17.5 Å². The number of ether oxygens (including phenoxy) is 3. The standard InChI is InChI=1S/C19H22N2O4/c1-6-15(19(22)24-5)16-17(23-4)20-11-21-18(16)25-14-9-7-8-13(10-14)12(2)3/h6-12H,1-5H3. The Labute approximate surface area is 147 Å². The van der Waals surface area contributed by atoms with Crippen molar-refractivity contribution in [3.63, 3.8) is 0 Å². The Morgan fingerprint density at radius 3 is 2.48 bits per heavy atom. The average molecular weight is 342 g/mol. The molecule has 0 amide bonds. The summed E-state index contributed by atoms with van der Waals surface area (Å²) in [4.78, 5) is 20.4. The molecule has 0 radical (unpaired) electrons. The first-order chi connectivity index (χ1) is 12.0. The van der Waals surface area contributed by atoms with Gasteiger partial charge in [-0.05, 0) is 30.5 Å². The molecule has 6 heteroatoms. The quantitative estimate of drug-likeness (QED) is 0.584. The van der Waals surface area contributed by atoms with Crippen molar-refractivity contribution in [1.29, 1.82) is 0 Å². The molecule has 0 atom stereocenters. The first-order valence-electron chi connectivity index (χ1n) is 7.93. The van der Waals surface area contributed by atoms with Crippen molar-refractivity contribution in [2.75, 3.05) is 14.2 Å².